The topological polar surface area (TPSA) is 84.5 Å². The lowest BCUT2D eigenvalue weighted by molar-refractivity contribution is -0.153. The van der Waals surface area contributed by atoms with Crippen molar-refractivity contribution in [3.05, 3.63) is 53.6 Å². The minimum Gasteiger partial charge on any atom is -0.452 e. The smallest absolute Gasteiger partial charge is 0.308 e. The molecule has 0 saturated carbocycles. The molecule has 146 valence electrons. The van der Waals surface area contributed by atoms with Crippen LogP contribution in [0.4, 0.5) is 11.4 Å². The van der Waals surface area contributed by atoms with Crippen LogP contribution in [0.1, 0.15) is 24.5 Å². The van der Waals surface area contributed by atoms with Gasteiger partial charge in [-0.1, -0.05) is 29.8 Å². The summed E-state index contributed by atoms with van der Waals surface area (Å²) in [5.74, 6) is -1.24. The fraction of sp³-hybridized carbons (Fsp3) is 0.286. The minimum atomic E-state index is -0.961. The predicted octanol–water partition coefficient (Wildman–Crippen LogP) is 3.68. The number of para-hydroxylation sites is 1. The summed E-state index contributed by atoms with van der Waals surface area (Å²) < 4.78 is 5.24. The maximum absolute atomic E-state index is 12.3. The maximum atomic E-state index is 12.3. The Kier molecular flexibility index (Phi) is 6.04. The number of hydrogen-bond acceptors (Lipinski definition) is 5. The van der Waals surface area contributed by atoms with Gasteiger partial charge in [-0.05, 0) is 44.5 Å². The summed E-state index contributed by atoms with van der Waals surface area (Å²) in [6.07, 6.45) is -1.07. The largest absolute Gasteiger partial charge is 0.452 e. The fourth-order valence-electron chi connectivity index (χ4n) is 2.87. The lowest BCUT2D eigenvalue weighted by Gasteiger charge is -2.23. The number of carbonyl (C=O) groups is 3. The van der Waals surface area contributed by atoms with E-state index in [-0.39, 0.29) is 12.3 Å². The van der Waals surface area contributed by atoms with Crippen LogP contribution in [-0.2, 0) is 19.1 Å². The zero-order chi connectivity index (χ0) is 20.3. The molecule has 2 amide bonds. The van der Waals surface area contributed by atoms with Crippen molar-refractivity contribution in [2.24, 2.45) is 0 Å². The van der Waals surface area contributed by atoms with E-state index in [1.54, 1.807) is 0 Å². The maximum Gasteiger partial charge on any atom is 0.308 e. The van der Waals surface area contributed by atoms with Gasteiger partial charge < -0.3 is 15.4 Å². The Morgan fingerprint density at radius 2 is 1.96 bits per heavy atom. The van der Waals surface area contributed by atoms with Gasteiger partial charge in [-0.2, -0.15) is 0 Å². The summed E-state index contributed by atoms with van der Waals surface area (Å²) in [5.41, 5.74) is 3.45. The highest BCUT2D eigenvalue weighted by Crippen LogP contribution is 2.36. The van der Waals surface area contributed by atoms with Crippen molar-refractivity contribution in [1.29, 1.82) is 0 Å². The monoisotopic (exact) mass is 398 g/mol. The van der Waals surface area contributed by atoms with Crippen LogP contribution in [0.5, 0.6) is 0 Å². The molecule has 3 rings (SSSR count). The van der Waals surface area contributed by atoms with Crippen LogP contribution in [0.2, 0.25) is 0 Å². The van der Waals surface area contributed by atoms with Crippen LogP contribution < -0.4 is 10.6 Å². The van der Waals surface area contributed by atoms with Crippen molar-refractivity contribution in [1.82, 2.24) is 0 Å². The zero-order valence-electron chi connectivity index (χ0n) is 15.9. The molecule has 28 heavy (non-hydrogen) atoms. The lowest BCUT2D eigenvalue weighted by atomic mass is 10.1. The van der Waals surface area contributed by atoms with Gasteiger partial charge in [0.1, 0.15) is 0 Å². The van der Waals surface area contributed by atoms with Gasteiger partial charge in [0.15, 0.2) is 6.10 Å². The van der Waals surface area contributed by atoms with Crippen LogP contribution in [0.3, 0.4) is 0 Å². The van der Waals surface area contributed by atoms with E-state index in [0.29, 0.717) is 5.69 Å². The minimum absolute atomic E-state index is 0.105. The van der Waals surface area contributed by atoms with Crippen molar-refractivity contribution in [2.75, 3.05) is 10.6 Å². The molecular formula is C21H22N2O4S. The SMILES string of the molecule is Cc1ccc(NC(=O)[C@@H](C)OC(=O)C[C@@H]2Sc3ccccc3NC2=O)c(C)c1. The molecule has 2 aromatic rings. The first-order chi connectivity index (χ1) is 13.3. The number of fused-ring (bicyclic) bond motifs is 1. The molecule has 1 aliphatic rings. The van der Waals surface area contributed by atoms with Gasteiger partial charge in [0.25, 0.3) is 5.91 Å². The third-order valence-electron chi connectivity index (χ3n) is 4.38. The van der Waals surface area contributed by atoms with Crippen LogP contribution in [0.15, 0.2) is 47.4 Å². The lowest BCUT2D eigenvalue weighted by Crippen LogP contribution is -2.34. The number of hydrogen-bond donors (Lipinski definition) is 2. The molecule has 1 aliphatic heterocycles. The van der Waals surface area contributed by atoms with E-state index in [0.717, 1.165) is 21.7 Å². The van der Waals surface area contributed by atoms with Crippen LogP contribution in [-0.4, -0.2) is 29.1 Å². The second-order valence-corrected chi connectivity index (χ2v) is 7.98. The summed E-state index contributed by atoms with van der Waals surface area (Å²) in [5, 5.41) is 4.97. The number of thioether (sulfide) groups is 1. The Morgan fingerprint density at radius 1 is 1.21 bits per heavy atom. The van der Waals surface area contributed by atoms with Crippen LogP contribution in [0.25, 0.3) is 0 Å². The second-order valence-electron chi connectivity index (χ2n) is 6.74. The van der Waals surface area contributed by atoms with Gasteiger partial charge in [0.2, 0.25) is 5.91 Å². The summed E-state index contributed by atoms with van der Waals surface area (Å²) in [6.45, 7) is 5.39. The number of rotatable bonds is 5. The molecule has 0 bridgehead atoms. The Hall–Kier alpha value is -2.80. The standard InChI is InChI=1S/C21H22N2O4S/c1-12-8-9-15(13(2)10-12)22-20(25)14(3)27-19(24)11-18-21(26)23-16-6-4-5-7-17(16)28-18/h4-10,14,18H,11H2,1-3H3,(H,22,25)(H,23,26)/t14-,18+/m1/s1. The van der Waals surface area contributed by atoms with E-state index >= 15 is 0 Å². The number of nitrogens with one attached hydrogen (secondary N) is 2. The molecule has 0 aliphatic carbocycles. The number of ether oxygens (including phenoxy) is 1. The number of amides is 2. The first kappa shape index (κ1) is 19.9. The fourth-order valence-corrected chi connectivity index (χ4v) is 3.96. The van der Waals surface area contributed by atoms with Gasteiger partial charge >= 0.3 is 5.97 Å². The average Bonchev–Trinajstić information content (AvgIpc) is 2.64. The van der Waals surface area contributed by atoms with E-state index in [1.807, 2.05) is 56.3 Å². The van der Waals surface area contributed by atoms with Gasteiger partial charge in [0, 0.05) is 10.6 Å². The Morgan fingerprint density at radius 3 is 2.71 bits per heavy atom. The number of carbonyl (C=O) groups excluding carboxylic acids is 3. The molecular weight excluding hydrogens is 376 g/mol. The molecule has 0 unspecified atom stereocenters. The third kappa shape index (κ3) is 4.72. The van der Waals surface area contributed by atoms with E-state index in [2.05, 4.69) is 10.6 Å². The van der Waals surface area contributed by atoms with Crippen LogP contribution >= 0.6 is 11.8 Å². The number of esters is 1. The highest BCUT2D eigenvalue weighted by Gasteiger charge is 2.30. The van der Waals surface area contributed by atoms with Crippen molar-refractivity contribution < 1.29 is 19.1 Å². The second kappa shape index (κ2) is 8.48. The Bertz CT molecular complexity index is 928. The molecule has 6 nitrogen and oxygen atoms in total. The summed E-state index contributed by atoms with van der Waals surface area (Å²) in [7, 11) is 0. The van der Waals surface area contributed by atoms with Crippen LogP contribution in [0, 0.1) is 13.8 Å². The molecule has 0 fully saturated rings. The van der Waals surface area contributed by atoms with Crippen molar-refractivity contribution in [3.8, 4) is 0 Å². The highest BCUT2D eigenvalue weighted by molar-refractivity contribution is 8.01. The molecule has 0 aromatic heterocycles. The summed E-state index contributed by atoms with van der Waals surface area (Å²) >= 11 is 1.32. The molecule has 0 radical (unpaired) electrons. The first-order valence-corrected chi connectivity index (χ1v) is 9.85. The highest BCUT2D eigenvalue weighted by atomic mass is 32.2. The third-order valence-corrected chi connectivity index (χ3v) is 5.65. The van der Waals surface area contributed by atoms with E-state index < -0.39 is 23.2 Å². The quantitative estimate of drug-likeness (QED) is 0.751. The molecule has 2 aromatic carbocycles. The number of aryl methyl sites for hydroxylation is 2. The van der Waals surface area contributed by atoms with Gasteiger partial charge in [0.05, 0.1) is 17.4 Å². The zero-order valence-corrected chi connectivity index (χ0v) is 16.8. The van der Waals surface area contributed by atoms with E-state index in [4.69, 9.17) is 4.74 Å². The molecule has 2 atom stereocenters. The Labute approximate surface area is 168 Å². The number of benzene rings is 2. The summed E-state index contributed by atoms with van der Waals surface area (Å²) in [4.78, 5) is 37.7. The van der Waals surface area contributed by atoms with E-state index in [1.165, 1.54) is 18.7 Å². The van der Waals surface area contributed by atoms with Crippen molar-refractivity contribution in [3.63, 3.8) is 0 Å². The molecule has 7 heteroatoms. The predicted molar refractivity (Wildman–Crippen MR) is 109 cm³/mol. The van der Waals surface area contributed by atoms with Gasteiger partial charge in [-0.15, -0.1) is 11.8 Å². The van der Waals surface area contributed by atoms with E-state index in [9.17, 15) is 14.4 Å². The van der Waals surface area contributed by atoms with Crippen molar-refractivity contribution in [2.45, 2.75) is 43.4 Å². The molecule has 1 heterocycles. The van der Waals surface area contributed by atoms with Gasteiger partial charge in [-0.25, -0.2) is 0 Å². The molecule has 0 spiro atoms. The number of anilines is 2. The van der Waals surface area contributed by atoms with Gasteiger partial charge in [-0.3, -0.25) is 14.4 Å². The Balaban J connectivity index is 1.55. The molecule has 0 saturated heterocycles. The average molecular weight is 398 g/mol. The molecule has 2 N–H and O–H groups in total. The normalized spacial score (nSPS) is 16.5. The van der Waals surface area contributed by atoms with Crippen molar-refractivity contribution >= 4 is 40.9 Å². The summed E-state index contributed by atoms with van der Waals surface area (Å²) in [6, 6.07) is 13.1. The first-order valence-electron chi connectivity index (χ1n) is 8.97.